The molecule has 0 aliphatic carbocycles. The molecule has 1 nitrogen and oxygen atoms in total. The largest absolute Gasteiger partial charge is 0.357 e. The minimum atomic E-state index is 0.418. The minimum Gasteiger partial charge on any atom is -0.357 e. The van der Waals surface area contributed by atoms with E-state index in [4.69, 9.17) is 0 Å². The van der Waals surface area contributed by atoms with Gasteiger partial charge in [-0.3, -0.25) is 0 Å². The summed E-state index contributed by atoms with van der Waals surface area (Å²) in [5.74, 6) is 0. The number of rotatable bonds is 1. The van der Waals surface area contributed by atoms with Crippen molar-refractivity contribution in [1.29, 1.82) is 0 Å². The average Bonchev–Trinajstić information content (AvgIpc) is 1.49. The van der Waals surface area contributed by atoms with Crippen LogP contribution in [-0.2, 0) is 0 Å². The summed E-state index contributed by atoms with van der Waals surface area (Å²) in [4.78, 5) is 0. The van der Waals surface area contributed by atoms with Crippen molar-refractivity contribution in [3.05, 3.63) is 0 Å². The van der Waals surface area contributed by atoms with Crippen LogP contribution in [0.4, 0.5) is 0 Å². The smallest absolute Gasteiger partial charge is 0.0701 e. The van der Waals surface area contributed by atoms with Crippen molar-refractivity contribution >= 4 is 20.8 Å². The molecule has 0 spiro atoms. The highest BCUT2D eigenvalue weighted by Crippen LogP contribution is 2.35. The van der Waals surface area contributed by atoms with E-state index in [2.05, 4.69) is 45.8 Å². The van der Waals surface area contributed by atoms with Gasteiger partial charge in [0.2, 0.25) is 0 Å². The van der Waals surface area contributed by atoms with Crippen LogP contribution in [-0.4, -0.2) is 31.1 Å². The van der Waals surface area contributed by atoms with Crippen LogP contribution in [0.15, 0.2) is 0 Å². The molecule has 0 saturated carbocycles. The molecule has 0 N–H and O–H groups in total. The van der Waals surface area contributed by atoms with Gasteiger partial charge >= 0.3 is 0 Å². The fraction of sp³-hybridized carbons (Fsp3) is 1.00. The summed E-state index contributed by atoms with van der Waals surface area (Å²) >= 11 is 0. The zero-order chi connectivity index (χ0) is 10.2. The van der Waals surface area contributed by atoms with E-state index >= 15 is 0 Å². The maximum absolute atomic E-state index is 2.61. The van der Waals surface area contributed by atoms with Crippen LogP contribution in [0.1, 0.15) is 41.5 Å². The van der Waals surface area contributed by atoms with Gasteiger partial charge in [-0.2, -0.15) is 0 Å². The third-order valence-corrected chi connectivity index (χ3v) is 3.19. The summed E-state index contributed by atoms with van der Waals surface area (Å²) in [5, 5.41) is 0. The van der Waals surface area contributed by atoms with E-state index in [0.29, 0.717) is 10.8 Å². The monoisotopic (exact) mass is 203 g/mol. The molecule has 0 aliphatic heterocycles. The Morgan fingerprint density at radius 1 is 0.833 bits per heavy atom. The highest BCUT2D eigenvalue weighted by molar-refractivity contribution is 6.25. The molecule has 0 bridgehead atoms. The van der Waals surface area contributed by atoms with Gasteiger partial charge in [-0.25, -0.2) is 0 Å². The fourth-order valence-electron chi connectivity index (χ4n) is 2.85. The van der Waals surface area contributed by atoms with Crippen molar-refractivity contribution in [3.8, 4) is 0 Å². The van der Waals surface area contributed by atoms with E-state index in [1.165, 1.54) is 20.8 Å². The first kappa shape index (κ1) is 12.4. The summed E-state index contributed by atoms with van der Waals surface area (Å²) in [6.45, 7) is 14.1. The summed E-state index contributed by atoms with van der Waals surface area (Å²) < 4.78 is 2.61. The summed E-state index contributed by atoms with van der Waals surface area (Å²) in [5.41, 5.74) is 0.837. The molecular weight excluding hydrogens is 178 g/mol. The lowest BCUT2D eigenvalue weighted by atomic mass is 9.73. The Morgan fingerprint density at radius 3 is 1.08 bits per heavy atom. The Morgan fingerprint density at radius 2 is 1.08 bits per heavy atom. The normalized spacial score (nSPS) is 15.0. The number of hydrogen-bond donors (Lipinski definition) is 0. The molecule has 0 rings (SSSR count). The molecule has 0 aliphatic rings. The van der Waals surface area contributed by atoms with Gasteiger partial charge in [0, 0.05) is 6.04 Å². The summed E-state index contributed by atoms with van der Waals surface area (Å²) in [6, 6.07) is 0.739. The Hall–Kier alpha value is 0.394. The van der Waals surface area contributed by atoms with Gasteiger partial charge in [0.25, 0.3) is 0 Å². The second-order valence-electron chi connectivity index (χ2n) is 6.10. The zero-order valence-corrected chi connectivity index (χ0v) is 14.0. The minimum absolute atomic E-state index is 0.418. The molecule has 12 heavy (non-hydrogen) atoms. The molecule has 0 amide bonds. The molecule has 0 radical (unpaired) electrons. The standard InChI is InChI=1S/C9H25NSi2/c1-8(2,3)7(10(11)12)9(4,5)6/h7H,1-6,11-12H3. The molecule has 0 heterocycles. The second-order valence-corrected chi connectivity index (χ2v) is 10.7. The van der Waals surface area contributed by atoms with E-state index in [1.54, 1.807) is 0 Å². The van der Waals surface area contributed by atoms with Crippen molar-refractivity contribution in [2.24, 2.45) is 10.8 Å². The summed E-state index contributed by atoms with van der Waals surface area (Å²) in [6.07, 6.45) is 0. The van der Waals surface area contributed by atoms with Crippen molar-refractivity contribution in [2.75, 3.05) is 0 Å². The quantitative estimate of drug-likeness (QED) is 0.555. The van der Waals surface area contributed by atoms with E-state index in [0.717, 1.165) is 6.04 Å². The molecule has 0 aromatic heterocycles. The molecule has 0 saturated heterocycles. The number of nitrogens with zero attached hydrogens (tertiary/aromatic N) is 1. The van der Waals surface area contributed by atoms with E-state index < -0.39 is 0 Å². The van der Waals surface area contributed by atoms with Gasteiger partial charge in [0.15, 0.2) is 0 Å². The molecule has 3 heteroatoms. The Bertz CT molecular complexity index is 128. The van der Waals surface area contributed by atoms with Gasteiger partial charge in [-0.1, -0.05) is 41.5 Å². The molecular formula is C9H25NSi2. The Kier molecular flexibility index (Phi) is 3.76. The molecule has 0 aromatic carbocycles. The van der Waals surface area contributed by atoms with Gasteiger partial charge < -0.3 is 4.23 Å². The molecule has 74 valence electrons. The Labute approximate surface area is 83.9 Å². The average molecular weight is 203 g/mol. The van der Waals surface area contributed by atoms with Crippen molar-refractivity contribution in [3.63, 3.8) is 0 Å². The van der Waals surface area contributed by atoms with E-state index in [9.17, 15) is 0 Å². The van der Waals surface area contributed by atoms with E-state index in [1.807, 2.05) is 0 Å². The highest BCUT2D eigenvalue weighted by Gasteiger charge is 2.35. The van der Waals surface area contributed by atoms with Crippen LogP contribution in [0, 0.1) is 10.8 Å². The van der Waals surface area contributed by atoms with Gasteiger partial charge in [0.05, 0.1) is 20.8 Å². The zero-order valence-electron chi connectivity index (χ0n) is 10.0. The lowest BCUT2D eigenvalue weighted by Gasteiger charge is -2.45. The summed E-state index contributed by atoms with van der Waals surface area (Å²) in [7, 11) is 2.42. The Balaban J connectivity index is 4.70. The van der Waals surface area contributed by atoms with Crippen LogP contribution in [0.2, 0.25) is 0 Å². The second kappa shape index (κ2) is 3.64. The van der Waals surface area contributed by atoms with Crippen LogP contribution < -0.4 is 0 Å². The van der Waals surface area contributed by atoms with Gasteiger partial charge in [0.1, 0.15) is 0 Å². The van der Waals surface area contributed by atoms with Gasteiger partial charge in [-0.15, -0.1) is 0 Å². The first-order valence-electron chi connectivity index (χ1n) is 4.73. The third kappa shape index (κ3) is 3.41. The van der Waals surface area contributed by atoms with Crippen molar-refractivity contribution in [2.45, 2.75) is 47.6 Å². The molecule has 0 unspecified atom stereocenters. The van der Waals surface area contributed by atoms with E-state index in [-0.39, 0.29) is 0 Å². The first-order valence-corrected chi connectivity index (χ1v) is 6.52. The van der Waals surface area contributed by atoms with Gasteiger partial charge in [-0.05, 0) is 10.8 Å². The van der Waals surface area contributed by atoms with Crippen LogP contribution in [0.25, 0.3) is 0 Å². The SMILES string of the molecule is CC(C)(C)C(N([SiH3])[SiH3])C(C)(C)C. The first-order chi connectivity index (χ1) is 5.07. The molecule has 0 aromatic rings. The van der Waals surface area contributed by atoms with Crippen LogP contribution in [0.3, 0.4) is 0 Å². The van der Waals surface area contributed by atoms with Crippen LogP contribution >= 0.6 is 0 Å². The fourth-order valence-corrected chi connectivity index (χ4v) is 5.95. The van der Waals surface area contributed by atoms with Crippen molar-refractivity contribution < 1.29 is 0 Å². The molecule has 0 fully saturated rings. The van der Waals surface area contributed by atoms with Crippen molar-refractivity contribution in [1.82, 2.24) is 4.23 Å². The predicted octanol–water partition coefficient (Wildman–Crippen LogP) is 0.310. The maximum Gasteiger partial charge on any atom is 0.0701 e. The highest BCUT2D eigenvalue weighted by atomic mass is 28.2. The number of hydrogen-bond acceptors (Lipinski definition) is 1. The third-order valence-electron chi connectivity index (χ3n) is 2.16. The lowest BCUT2D eigenvalue weighted by Crippen LogP contribution is -2.49. The topological polar surface area (TPSA) is 3.24 Å². The predicted molar refractivity (Wildman–Crippen MR) is 64.4 cm³/mol. The lowest BCUT2D eigenvalue weighted by molar-refractivity contribution is 0.117. The molecule has 0 atom stereocenters. The maximum atomic E-state index is 2.61. The van der Waals surface area contributed by atoms with Crippen LogP contribution in [0.5, 0.6) is 0 Å².